The minimum Gasteiger partial charge on any atom is -0.497 e. The predicted octanol–water partition coefficient (Wildman–Crippen LogP) is 8.51. The Morgan fingerprint density at radius 1 is 0.559 bits per heavy atom. The fraction of sp³-hybridized carbons (Fsp3) is 0.250. The molecule has 0 unspecified atom stereocenters. The lowest BCUT2D eigenvalue weighted by atomic mass is 9.68. The van der Waals surface area contributed by atoms with Crippen molar-refractivity contribution in [2.75, 3.05) is 13.7 Å². The van der Waals surface area contributed by atoms with Crippen molar-refractivity contribution in [3.63, 3.8) is 0 Å². The van der Waals surface area contributed by atoms with Gasteiger partial charge in [-0.05, 0) is 64.6 Å². The SMILES string of the molecule is CC.CC.CCOc1ccc(C2(c3ccc(OC)cc3)c3ccccc3-c3ccccc32)cc1. The molecule has 0 N–H and O–H groups in total. The average molecular weight is 453 g/mol. The molecule has 176 valence electrons. The van der Waals surface area contributed by atoms with Crippen LogP contribution in [0.3, 0.4) is 0 Å². The molecule has 0 spiro atoms. The fourth-order valence-corrected chi connectivity index (χ4v) is 4.83. The van der Waals surface area contributed by atoms with Gasteiger partial charge in [-0.2, -0.15) is 0 Å². The molecule has 0 radical (unpaired) electrons. The van der Waals surface area contributed by atoms with Crippen molar-refractivity contribution in [2.45, 2.75) is 40.0 Å². The second-order valence-corrected chi connectivity index (χ2v) is 7.53. The normalized spacial score (nSPS) is 12.2. The van der Waals surface area contributed by atoms with Crippen LogP contribution in [0.4, 0.5) is 0 Å². The number of hydrogen-bond acceptors (Lipinski definition) is 2. The summed E-state index contributed by atoms with van der Waals surface area (Å²) in [7, 11) is 1.71. The smallest absolute Gasteiger partial charge is 0.119 e. The molecule has 4 aromatic carbocycles. The van der Waals surface area contributed by atoms with E-state index in [-0.39, 0.29) is 5.41 Å². The maximum Gasteiger partial charge on any atom is 0.119 e. The number of fused-ring (bicyclic) bond motifs is 3. The summed E-state index contributed by atoms with van der Waals surface area (Å²) in [5, 5.41) is 0. The maximum atomic E-state index is 5.71. The second-order valence-electron chi connectivity index (χ2n) is 7.53. The molecule has 0 atom stereocenters. The average Bonchev–Trinajstić information content (AvgIpc) is 3.23. The lowest BCUT2D eigenvalue weighted by molar-refractivity contribution is 0.340. The maximum absolute atomic E-state index is 5.71. The third-order valence-corrected chi connectivity index (χ3v) is 6.07. The number of benzene rings is 4. The molecule has 0 amide bonds. The Labute approximate surface area is 205 Å². The lowest BCUT2D eigenvalue weighted by Crippen LogP contribution is -2.28. The summed E-state index contributed by atoms with van der Waals surface area (Å²) in [5.41, 5.74) is 7.26. The number of methoxy groups -OCH3 is 1. The lowest BCUT2D eigenvalue weighted by Gasteiger charge is -2.34. The zero-order valence-corrected chi connectivity index (χ0v) is 21.3. The van der Waals surface area contributed by atoms with Crippen LogP contribution in [0.5, 0.6) is 11.5 Å². The molecule has 0 heterocycles. The van der Waals surface area contributed by atoms with Crippen molar-refractivity contribution in [3.05, 3.63) is 119 Å². The molecule has 0 aromatic heterocycles. The summed E-state index contributed by atoms with van der Waals surface area (Å²) in [6.45, 7) is 10.7. The van der Waals surface area contributed by atoms with E-state index in [1.54, 1.807) is 7.11 Å². The van der Waals surface area contributed by atoms with Crippen LogP contribution in [-0.2, 0) is 5.41 Å². The summed E-state index contributed by atoms with van der Waals surface area (Å²) in [4.78, 5) is 0. The van der Waals surface area contributed by atoms with E-state index in [1.165, 1.54) is 33.4 Å². The van der Waals surface area contributed by atoms with E-state index in [9.17, 15) is 0 Å². The molecular formula is C32H36O2. The highest BCUT2D eigenvalue weighted by atomic mass is 16.5. The molecular weight excluding hydrogens is 416 g/mol. The Kier molecular flexibility index (Phi) is 8.54. The van der Waals surface area contributed by atoms with Crippen molar-refractivity contribution in [1.29, 1.82) is 0 Å². The first-order valence-corrected chi connectivity index (χ1v) is 12.4. The Morgan fingerprint density at radius 3 is 1.38 bits per heavy atom. The van der Waals surface area contributed by atoms with E-state index in [1.807, 2.05) is 34.6 Å². The van der Waals surface area contributed by atoms with E-state index >= 15 is 0 Å². The van der Waals surface area contributed by atoms with E-state index < -0.39 is 0 Å². The molecule has 1 aliphatic carbocycles. The summed E-state index contributed by atoms with van der Waals surface area (Å²) < 4.78 is 11.2. The van der Waals surface area contributed by atoms with Gasteiger partial charge in [-0.15, -0.1) is 0 Å². The van der Waals surface area contributed by atoms with Gasteiger partial charge in [-0.3, -0.25) is 0 Å². The number of ether oxygens (including phenoxy) is 2. The number of rotatable bonds is 5. The first-order chi connectivity index (χ1) is 16.8. The summed E-state index contributed by atoms with van der Waals surface area (Å²) in [5.74, 6) is 1.76. The van der Waals surface area contributed by atoms with Crippen LogP contribution in [-0.4, -0.2) is 13.7 Å². The Hall–Kier alpha value is -3.52. The summed E-state index contributed by atoms with van der Waals surface area (Å²) in [6, 6.07) is 34.5. The first kappa shape index (κ1) is 25.1. The molecule has 1 aliphatic rings. The van der Waals surface area contributed by atoms with Gasteiger partial charge in [0.2, 0.25) is 0 Å². The zero-order valence-electron chi connectivity index (χ0n) is 21.3. The Bertz CT molecular complexity index is 1130. The minimum atomic E-state index is -0.385. The van der Waals surface area contributed by atoms with Crippen LogP contribution in [0.15, 0.2) is 97.1 Å². The third kappa shape index (κ3) is 4.21. The second kappa shape index (κ2) is 11.6. The molecule has 2 heteroatoms. The van der Waals surface area contributed by atoms with E-state index in [4.69, 9.17) is 9.47 Å². The first-order valence-electron chi connectivity index (χ1n) is 12.4. The van der Waals surface area contributed by atoms with Crippen molar-refractivity contribution >= 4 is 0 Å². The van der Waals surface area contributed by atoms with Crippen molar-refractivity contribution < 1.29 is 9.47 Å². The monoisotopic (exact) mass is 452 g/mol. The molecule has 0 aliphatic heterocycles. The van der Waals surface area contributed by atoms with Crippen LogP contribution in [0, 0.1) is 0 Å². The molecule has 0 bridgehead atoms. The van der Waals surface area contributed by atoms with Gasteiger partial charge in [0, 0.05) is 0 Å². The molecule has 5 rings (SSSR count). The van der Waals surface area contributed by atoms with Crippen molar-refractivity contribution in [2.24, 2.45) is 0 Å². The van der Waals surface area contributed by atoms with Gasteiger partial charge < -0.3 is 9.47 Å². The van der Waals surface area contributed by atoms with Gasteiger partial charge in [-0.25, -0.2) is 0 Å². The number of hydrogen-bond donors (Lipinski definition) is 0. The van der Waals surface area contributed by atoms with Gasteiger partial charge in [0.05, 0.1) is 19.1 Å². The molecule has 4 aromatic rings. The Balaban J connectivity index is 0.000000771. The van der Waals surface area contributed by atoms with Crippen LogP contribution >= 0.6 is 0 Å². The fourth-order valence-electron chi connectivity index (χ4n) is 4.83. The van der Waals surface area contributed by atoms with E-state index in [0.717, 1.165) is 11.5 Å². The van der Waals surface area contributed by atoms with E-state index in [0.29, 0.717) is 6.61 Å². The standard InChI is InChI=1S/C28H24O2.2C2H6/c1-3-30-23-18-14-21(15-19-23)28(20-12-16-22(29-2)17-13-20)26-10-6-4-8-24(26)25-9-5-7-11-27(25)28;2*1-2/h4-19H,3H2,1-2H3;2*1-2H3. The van der Waals surface area contributed by atoms with Crippen molar-refractivity contribution in [1.82, 2.24) is 0 Å². The topological polar surface area (TPSA) is 18.5 Å². The van der Waals surface area contributed by atoms with E-state index in [2.05, 4.69) is 97.1 Å². The summed E-state index contributed by atoms with van der Waals surface area (Å²) in [6.07, 6.45) is 0. The van der Waals surface area contributed by atoms with Crippen LogP contribution in [0.2, 0.25) is 0 Å². The molecule has 2 nitrogen and oxygen atoms in total. The zero-order chi connectivity index (χ0) is 24.6. The van der Waals surface area contributed by atoms with Gasteiger partial charge in [0.25, 0.3) is 0 Å². The third-order valence-electron chi connectivity index (χ3n) is 6.07. The largest absolute Gasteiger partial charge is 0.497 e. The predicted molar refractivity (Wildman–Crippen MR) is 144 cm³/mol. The van der Waals surface area contributed by atoms with Crippen molar-refractivity contribution in [3.8, 4) is 22.6 Å². The Morgan fingerprint density at radius 2 is 0.971 bits per heavy atom. The minimum absolute atomic E-state index is 0.385. The highest BCUT2D eigenvalue weighted by Gasteiger charge is 2.45. The molecule has 0 saturated heterocycles. The quantitative estimate of drug-likeness (QED) is 0.266. The van der Waals surface area contributed by atoms with Gasteiger partial charge >= 0.3 is 0 Å². The van der Waals surface area contributed by atoms with Crippen LogP contribution in [0.1, 0.15) is 56.9 Å². The molecule has 34 heavy (non-hydrogen) atoms. The van der Waals surface area contributed by atoms with Crippen LogP contribution < -0.4 is 9.47 Å². The molecule has 0 saturated carbocycles. The van der Waals surface area contributed by atoms with Gasteiger partial charge in [-0.1, -0.05) is 100 Å². The van der Waals surface area contributed by atoms with Gasteiger partial charge in [0.15, 0.2) is 0 Å². The molecule has 0 fully saturated rings. The van der Waals surface area contributed by atoms with Crippen LogP contribution in [0.25, 0.3) is 11.1 Å². The highest BCUT2D eigenvalue weighted by Crippen LogP contribution is 2.56. The summed E-state index contributed by atoms with van der Waals surface area (Å²) >= 11 is 0. The van der Waals surface area contributed by atoms with Gasteiger partial charge in [0.1, 0.15) is 11.5 Å². The highest BCUT2D eigenvalue weighted by molar-refractivity contribution is 5.86.